The highest BCUT2D eigenvalue weighted by atomic mass is 16.5. The van der Waals surface area contributed by atoms with Gasteiger partial charge in [-0.15, -0.1) is 0 Å². The molecule has 0 saturated heterocycles. The van der Waals surface area contributed by atoms with Crippen LogP contribution in [-0.4, -0.2) is 25.0 Å². The minimum absolute atomic E-state index is 0.0595. The zero-order chi connectivity index (χ0) is 16.9. The van der Waals surface area contributed by atoms with Crippen LogP contribution in [0.1, 0.15) is 12.0 Å². The van der Waals surface area contributed by atoms with E-state index >= 15 is 0 Å². The molecule has 0 fully saturated rings. The number of amides is 2. The molecule has 24 heavy (non-hydrogen) atoms. The Hall–Kier alpha value is -3.02. The van der Waals surface area contributed by atoms with Crippen LogP contribution in [0.5, 0.6) is 11.5 Å². The minimum Gasteiger partial charge on any atom is -0.493 e. The van der Waals surface area contributed by atoms with E-state index < -0.39 is 0 Å². The topological polar surface area (TPSA) is 76.7 Å². The Morgan fingerprint density at radius 1 is 1.29 bits per heavy atom. The first kappa shape index (κ1) is 15.9. The lowest BCUT2D eigenvalue weighted by Crippen LogP contribution is -2.26. The van der Waals surface area contributed by atoms with Crippen molar-refractivity contribution in [3.05, 3.63) is 48.0 Å². The molecular weight excluding hydrogens is 308 g/mol. The van der Waals surface area contributed by atoms with Crippen molar-refractivity contribution in [2.24, 2.45) is 0 Å². The summed E-state index contributed by atoms with van der Waals surface area (Å²) in [5, 5.41) is 5.56. The summed E-state index contributed by atoms with van der Waals surface area (Å²) < 4.78 is 11.0. The molecule has 0 bridgehead atoms. The number of carbonyl (C=O) groups is 2. The van der Waals surface area contributed by atoms with Gasteiger partial charge in [0.05, 0.1) is 24.4 Å². The Bertz CT molecular complexity index is 759. The fourth-order valence-electron chi connectivity index (χ4n) is 2.43. The Kier molecular flexibility index (Phi) is 4.65. The van der Waals surface area contributed by atoms with E-state index in [1.807, 2.05) is 43.3 Å². The van der Waals surface area contributed by atoms with Gasteiger partial charge in [0.25, 0.3) is 5.91 Å². The molecule has 0 aliphatic carbocycles. The molecule has 0 saturated carbocycles. The lowest BCUT2D eigenvalue weighted by Gasteiger charge is -2.21. The number of ether oxygens (including phenoxy) is 2. The van der Waals surface area contributed by atoms with E-state index in [1.54, 1.807) is 6.07 Å². The maximum absolute atomic E-state index is 12.1. The Balaban J connectivity index is 1.61. The van der Waals surface area contributed by atoms with Crippen LogP contribution in [0.4, 0.5) is 11.4 Å². The number of hydrogen-bond acceptors (Lipinski definition) is 4. The van der Waals surface area contributed by atoms with Crippen LogP contribution >= 0.6 is 0 Å². The lowest BCUT2D eigenvalue weighted by atomic mass is 10.1. The van der Waals surface area contributed by atoms with E-state index in [0.717, 1.165) is 11.3 Å². The summed E-state index contributed by atoms with van der Waals surface area (Å²) in [6, 6.07) is 12.9. The first-order valence-corrected chi connectivity index (χ1v) is 7.67. The molecule has 1 heterocycles. The fraction of sp³-hybridized carbons (Fsp3) is 0.222. The monoisotopic (exact) mass is 326 g/mol. The highest BCUT2D eigenvalue weighted by Gasteiger charge is 2.20. The summed E-state index contributed by atoms with van der Waals surface area (Å²) in [5.74, 6) is 0.822. The minimum atomic E-state index is -0.207. The van der Waals surface area contributed by atoms with Crippen LogP contribution in [0.25, 0.3) is 0 Å². The van der Waals surface area contributed by atoms with E-state index in [9.17, 15) is 9.59 Å². The third-order valence-corrected chi connectivity index (χ3v) is 3.47. The van der Waals surface area contributed by atoms with E-state index in [1.165, 1.54) is 0 Å². The average Bonchev–Trinajstić information content (AvgIpc) is 2.55. The second kappa shape index (κ2) is 7.04. The van der Waals surface area contributed by atoms with Crippen molar-refractivity contribution in [2.45, 2.75) is 13.3 Å². The molecule has 0 unspecified atom stereocenters. The van der Waals surface area contributed by atoms with Gasteiger partial charge < -0.3 is 20.1 Å². The van der Waals surface area contributed by atoms with Gasteiger partial charge in [-0.05, 0) is 36.8 Å². The van der Waals surface area contributed by atoms with E-state index in [2.05, 4.69) is 10.6 Å². The number of para-hydroxylation sites is 1. The molecule has 2 amide bonds. The molecule has 2 aromatic carbocycles. The predicted octanol–water partition coefficient (Wildman–Crippen LogP) is 2.73. The highest BCUT2D eigenvalue weighted by Crippen LogP contribution is 2.37. The van der Waals surface area contributed by atoms with Gasteiger partial charge >= 0.3 is 0 Å². The number of anilines is 2. The first-order chi connectivity index (χ1) is 11.6. The van der Waals surface area contributed by atoms with Gasteiger partial charge in [-0.3, -0.25) is 9.59 Å². The van der Waals surface area contributed by atoms with Gasteiger partial charge in [0, 0.05) is 0 Å². The number of carbonyl (C=O) groups excluding carboxylic acids is 2. The van der Waals surface area contributed by atoms with Gasteiger partial charge in [0.15, 0.2) is 12.4 Å². The van der Waals surface area contributed by atoms with E-state index in [-0.39, 0.29) is 31.4 Å². The Morgan fingerprint density at radius 3 is 2.88 bits per heavy atom. The van der Waals surface area contributed by atoms with Crippen molar-refractivity contribution in [3.8, 4) is 11.5 Å². The van der Waals surface area contributed by atoms with Crippen molar-refractivity contribution in [2.75, 3.05) is 23.8 Å². The number of rotatable bonds is 5. The molecule has 0 radical (unpaired) electrons. The summed E-state index contributed by atoms with van der Waals surface area (Å²) in [4.78, 5) is 23.5. The summed E-state index contributed by atoms with van der Waals surface area (Å²) in [7, 11) is 0. The second-order valence-electron chi connectivity index (χ2n) is 5.49. The normalized spacial score (nSPS) is 12.6. The quantitative estimate of drug-likeness (QED) is 0.886. The fourth-order valence-corrected chi connectivity index (χ4v) is 2.43. The van der Waals surface area contributed by atoms with Crippen LogP contribution in [0.2, 0.25) is 0 Å². The molecule has 2 aromatic rings. The molecule has 6 nitrogen and oxygen atoms in total. The van der Waals surface area contributed by atoms with Gasteiger partial charge in [-0.2, -0.15) is 0 Å². The molecule has 6 heteroatoms. The maximum atomic E-state index is 12.1. The molecule has 1 aliphatic heterocycles. The highest BCUT2D eigenvalue weighted by molar-refractivity contribution is 6.00. The summed E-state index contributed by atoms with van der Waals surface area (Å²) in [6.07, 6.45) is 0.212. The molecule has 124 valence electrons. The molecule has 0 atom stereocenters. The molecule has 1 aliphatic rings. The molecule has 3 rings (SSSR count). The Labute approximate surface area is 139 Å². The summed E-state index contributed by atoms with van der Waals surface area (Å²) >= 11 is 0. The van der Waals surface area contributed by atoms with Crippen LogP contribution in [0.3, 0.4) is 0 Å². The van der Waals surface area contributed by atoms with Crippen LogP contribution in [0, 0.1) is 6.92 Å². The number of hydrogen-bond donors (Lipinski definition) is 2. The van der Waals surface area contributed by atoms with Crippen molar-refractivity contribution in [1.82, 2.24) is 0 Å². The zero-order valence-electron chi connectivity index (χ0n) is 13.3. The third-order valence-electron chi connectivity index (χ3n) is 3.47. The van der Waals surface area contributed by atoms with Crippen molar-refractivity contribution in [1.29, 1.82) is 0 Å². The van der Waals surface area contributed by atoms with Gasteiger partial charge in [0.1, 0.15) is 5.75 Å². The lowest BCUT2D eigenvalue weighted by molar-refractivity contribution is -0.118. The average molecular weight is 326 g/mol. The number of nitrogens with one attached hydrogen (secondary N) is 2. The van der Waals surface area contributed by atoms with Crippen molar-refractivity contribution >= 4 is 23.2 Å². The molecular formula is C18H18N2O4. The zero-order valence-corrected chi connectivity index (χ0v) is 13.3. The first-order valence-electron chi connectivity index (χ1n) is 7.67. The summed E-state index contributed by atoms with van der Waals surface area (Å²) in [6.45, 7) is 2.10. The van der Waals surface area contributed by atoms with Gasteiger partial charge in [-0.1, -0.05) is 18.2 Å². The Morgan fingerprint density at radius 2 is 2.08 bits per heavy atom. The molecule has 0 spiro atoms. The van der Waals surface area contributed by atoms with Crippen molar-refractivity contribution in [3.63, 3.8) is 0 Å². The van der Waals surface area contributed by atoms with Crippen LogP contribution in [0.15, 0.2) is 42.5 Å². The van der Waals surface area contributed by atoms with Crippen LogP contribution < -0.4 is 20.1 Å². The molecule has 0 aromatic heterocycles. The second-order valence-corrected chi connectivity index (χ2v) is 5.49. The van der Waals surface area contributed by atoms with Gasteiger partial charge in [0.2, 0.25) is 5.91 Å². The maximum Gasteiger partial charge on any atom is 0.262 e. The number of benzene rings is 2. The third kappa shape index (κ3) is 3.84. The molecule has 2 N–H and O–H groups in total. The number of fused-ring (bicyclic) bond motifs is 1. The van der Waals surface area contributed by atoms with Crippen molar-refractivity contribution < 1.29 is 19.1 Å². The number of aryl methyl sites for hydroxylation is 1. The largest absolute Gasteiger partial charge is 0.493 e. The predicted molar refractivity (Wildman–Crippen MR) is 90.5 cm³/mol. The standard InChI is InChI=1S/C18H18N2O4/c1-12-9-14(18-15(10-12)20-17(22)11-24-18)19-16(21)7-8-23-13-5-3-2-4-6-13/h2-6,9-10H,7-8,11H2,1H3,(H,19,21)(H,20,22). The van der Waals surface area contributed by atoms with E-state index in [4.69, 9.17) is 9.47 Å². The summed E-state index contributed by atoms with van der Waals surface area (Å²) in [5.41, 5.74) is 2.03. The smallest absolute Gasteiger partial charge is 0.262 e. The van der Waals surface area contributed by atoms with Gasteiger partial charge in [-0.25, -0.2) is 0 Å². The van der Waals surface area contributed by atoms with Crippen LogP contribution in [-0.2, 0) is 9.59 Å². The SMILES string of the molecule is Cc1cc(NC(=O)CCOc2ccccc2)c2c(c1)NC(=O)CO2. The van der Waals surface area contributed by atoms with E-state index in [0.29, 0.717) is 17.1 Å².